The number of carbonyl (C=O) groups excluding carboxylic acids is 1. The van der Waals surface area contributed by atoms with Crippen LogP contribution in [0.5, 0.6) is 11.5 Å². The molecular formula is C32H32N2O7. The Kier molecular flexibility index (Phi) is 8.19. The van der Waals surface area contributed by atoms with Crippen LogP contribution in [-0.4, -0.2) is 42.8 Å². The first-order valence-corrected chi connectivity index (χ1v) is 13.3. The molecule has 4 aromatic rings. The molecule has 0 radical (unpaired) electrons. The van der Waals surface area contributed by atoms with Crippen LogP contribution in [0.15, 0.2) is 94.6 Å². The summed E-state index contributed by atoms with van der Waals surface area (Å²) in [5.41, 5.74) is 0.811. The van der Waals surface area contributed by atoms with Crippen LogP contribution in [0.1, 0.15) is 34.9 Å². The molecule has 9 heteroatoms. The summed E-state index contributed by atoms with van der Waals surface area (Å²) in [6, 6.07) is 25.1. The monoisotopic (exact) mass is 556 g/mol. The van der Waals surface area contributed by atoms with Gasteiger partial charge >= 0.3 is 5.69 Å². The second-order valence-corrected chi connectivity index (χ2v) is 9.96. The first-order valence-electron chi connectivity index (χ1n) is 13.3. The number of aromatic amines is 1. The highest BCUT2D eigenvalue weighted by molar-refractivity contribution is 5.55. The molecule has 1 fully saturated rings. The van der Waals surface area contributed by atoms with Crippen LogP contribution in [0.3, 0.4) is 0 Å². The number of benzene rings is 3. The van der Waals surface area contributed by atoms with Gasteiger partial charge in [0, 0.05) is 24.1 Å². The molecule has 0 spiro atoms. The maximum Gasteiger partial charge on any atom is 0.330 e. The van der Waals surface area contributed by atoms with Gasteiger partial charge in [-0.3, -0.25) is 14.3 Å². The third-order valence-corrected chi connectivity index (χ3v) is 7.55. The standard InChI is InChI=1S/C32H32N2O7/c1-21-18-34(31(37)33-30(21)36)29-17-22(19-35)28(41-29)20-40-32(23-7-5-4-6-8-23,24-9-13-26(38-2)14-10-24)25-11-15-27(39-3)16-12-25/h4-16,18-19,22,28-29H,17,20H2,1-3H3,(H,33,36,37)/t22-,28-,29-/m1/s1. The molecule has 3 atom stereocenters. The summed E-state index contributed by atoms with van der Waals surface area (Å²) in [4.78, 5) is 38.9. The van der Waals surface area contributed by atoms with E-state index < -0.39 is 35.1 Å². The van der Waals surface area contributed by atoms with Crippen molar-refractivity contribution in [2.24, 2.45) is 5.92 Å². The number of nitrogens with one attached hydrogen (secondary N) is 1. The molecule has 41 heavy (non-hydrogen) atoms. The number of aldehydes is 1. The molecule has 0 saturated carbocycles. The third-order valence-electron chi connectivity index (χ3n) is 7.55. The molecular weight excluding hydrogens is 524 g/mol. The summed E-state index contributed by atoms with van der Waals surface area (Å²) in [6.07, 6.45) is 1.19. The highest BCUT2D eigenvalue weighted by Gasteiger charge is 2.42. The Bertz CT molecular complexity index is 1550. The topological polar surface area (TPSA) is 109 Å². The van der Waals surface area contributed by atoms with Crippen LogP contribution in [0.2, 0.25) is 0 Å². The lowest BCUT2D eigenvalue weighted by molar-refractivity contribution is -0.117. The van der Waals surface area contributed by atoms with Crippen molar-refractivity contribution in [2.75, 3.05) is 20.8 Å². The first kappa shape index (κ1) is 28.1. The number of hydrogen-bond donors (Lipinski definition) is 1. The molecule has 9 nitrogen and oxygen atoms in total. The van der Waals surface area contributed by atoms with E-state index in [0.29, 0.717) is 17.1 Å². The quantitative estimate of drug-likeness (QED) is 0.233. The van der Waals surface area contributed by atoms with E-state index in [1.54, 1.807) is 21.1 Å². The number of rotatable bonds is 10. The summed E-state index contributed by atoms with van der Waals surface area (Å²) in [5, 5.41) is 0. The fraction of sp³-hybridized carbons (Fsp3) is 0.281. The molecule has 2 heterocycles. The van der Waals surface area contributed by atoms with Crippen LogP contribution in [0, 0.1) is 12.8 Å². The Hall–Kier alpha value is -4.47. The Balaban J connectivity index is 1.56. The van der Waals surface area contributed by atoms with Crippen molar-refractivity contribution in [1.82, 2.24) is 9.55 Å². The van der Waals surface area contributed by atoms with E-state index in [0.717, 1.165) is 23.0 Å². The van der Waals surface area contributed by atoms with Crippen LogP contribution < -0.4 is 20.7 Å². The predicted molar refractivity (Wildman–Crippen MR) is 152 cm³/mol. The zero-order valence-corrected chi connectivity index (χ0v) is 23.1. The summed E-state index contributed by atoms with van der Waals surface area (Å²) in [6.45, 7) is 1.66. The lowest BCUT2D eigenvalue weighted by Gasteiger charge is -2.37. The highest BCUT2D eigenvalue weighted by Crippen LogP contribution is 2.43. The molecule has 0 bridgehead atoms. The summed E-state index contributed by atoms with van der Waals surface area (Å²) in [7, 11) is 3.23. The van der Waals surface area contributed by atoms with Crippen molar-refractivity contribution in [3.63, 3.8) is 0 Å². The molecule has 1 aromatic heterocycles. The lowest BCUT2D eigenvalue weighted by atomic mass is 9.80. The highest BCUT2D eigenvalue weighted by atomic mass is 16.6. The second-order valence-electron chi connectivity index (χ2n) is 9.96. The van der Waals surface area contributed by atoms with Gasteiger partial charge in [0.05, 0.1) is 26.9 Å². The van der Waals surface area contributed by atoms with Crippen molar-refractivity contribution in [2.45, 2.75) is 31.3 Å². The molecule has 1 saturated heterocycles. The van der Waals surface area contributed by atoms with Gasteiger partial charge in [-0.25, -0.2) is 4.79 Å². The van der Waals surface area contributed by atoms with E-state index in [4.69, 9.17) is 18.9 Å². The minimum absolute atomic E-state index is 0.0456. The number of carbonyl (C=O) groups is 1. The number of aryl methyl sites for hydroxylation is 1. The largest absolute Gasteiger partial charge is 0.497 e. The van der Waals surface area contributed by atoms with Crippen molar-refractivity contribution in [3.8, 4) is 11.5 Å². The number of nitrogens with zero attached hydrogens (tertiary/aromatic N) is 1. The Labute approximate surface area is 237 Å². The molecule has 0 aliphatic carbocycles. The minimum atomic E-state index is -1.08. The van der Waals surface area contributed by atoms with E-state index >= 15 is 0 Å². The Morgan fingerprint density at radius 2 is 1.46 bits per heavy atom. The smallest absolute Gasteiger partial charge is 0.330 e. The maximum absolute atomic E-state index is 12.5. The fourth-order valence-electron chi connectivity index (χ4n) is 5.31. The lowest BCUT2D eigenvalue weighted by Crippen LogP contribution is -2.37. The molecule has 1 aliphatic heterocycles. The second kappa shape index (κ2) is 12.0. The molecule has 1 N–H and O–H groups in total. The molecule has 0 amide bonds. The molecule has 0 unspecified atom stereocenters. The zero-order chi connectivity index (χ0) is 29.0. The van der Waals surface area contributed by atoms with Gasteiger partial charge in [0.15, 0.2) is 0 Å². The van der Waals surface area contributed by atoms with Crippen LogP contribution in [0.25, 0.3) is 0 Å². The van der Waals surface area contributed by atoms with Gasteiger partial charge in [0.1, 0.15) is 29.6 Å². The first-order chi connectivity index (χ1) is 19.9. The molecule has 5 rings (SSSR count). The number of aromatic nitrogens is 2. The SMILES string of the molecule is COc1ccc(C(OC[C@H]2O[C@@H](n3cc(C)c(=O)[nH]c3=O)C[C@@H]2C=O)(c2ccccc2)c2ccc(OC)cc2)cc1. The van der Waals surface area contributed by atoms with E-state index in [2.05, 4.69) is 4.98 Å². The predicted octanol–water partition coefficient (Wildman–Crippen LogP) is 3.97. The summed E-state index contributed by atoms with van der Waals surface area (Å²) >= 11 is 0. The van der Waals surface area contributed by atoms with Crippen LogP contribution >= 0.6 is 0 Å². The van der Waals surface area contributed by atoms with E-state index in [-0.39, 0.29) is 13.0 Å². The maximum atomic E-state index is 12.5. The van der Waals surface area contributed by atoms with Gasteiger partial charge in [0.25, 0.3) is 5.56 Å². The summed E-state index contributed by atoms with van der Waals surface area (Å²) < 4.78 is 25.3. The van der Waals surface area contributed by atoms with Gasteiger partial charge in [0.2, 0.25) is 0 Å². The van der Waals surface area contributed by atoms with Gasteiger partial charge < -0.3 is 23.7 Å². The summed E-state index contributed by atoms with van der Waals surface area (Å²) in [5.74, 6) is 0.879. The average Bonchev–Trinajstić information content (AvgIpc) is 3.43. The van der Waals surface area contributed by atoms with E-state index in [9.17, 15) is 14.4 Å². The van der Waals surface area contributed by atoms with Crippen LogP contribution in [0.4, 0.5) is 0 Å². The molecule has 1 aliphatic rings. The van der Waals surface area contributed by atoms with Crippen molar-refractivity contribution in [1.29, 1.82) is 0 Å². The fourth-order valence-corrected chi connectivity index (χ4v) is 5.31. The number of methoxy groups -OCH3 is 2. The van der Waals surface area contributed by atoms with E-state index in [1.807, 2.05) is 78.9 Å². The van der Waals surface area contributed by atoms with Gasteiger partial charge in [-0.15, -0.1) is 0 Å². The molecule has 3 aromatic carbocycles. The van der Waals surface area contributed by atoms with E-state index in [1.165, 1.54) is 10.8 Å². The van der Waals surface area contributed by atoms with Gasteiger partial charge in [-0.05, 0) is 47.9 Å². The van der Waals surface area contributed by atoms with Crippen molar-refractivity contribution >= 4 is 6.29 Å². The number of ether oxygens (including phenoxy) is 4. The molecule has 212 valence electrons. The van der Waals surface area contributed by atoms with Gasteiger partial charge in [-0.1, -0.05) is 54.6 Å². The number of hydrogen-bond acceptors (Lipinski definition) is 7. The Morgan fingerprint density at radius 1 is 0.902 bits per heavy atom. The number of H-pyrrole nitrogens is 1. The zero-order valence-electron chi connectivity index (χ0n) is 23.1. The van der Waals surface area contributed by atoms with Crippen molar-refractivity contribution < 1.29 is 23.7 Å². The third kappa shape index (κ3) is 5.46. The Morgan fingerprint density at radius 3 is 2.00 bits per heavy atom. The normalized spacial score (nSPS) is 18.7. The van der Waals surface area contributed by atoms with Crippen molar-refractivity contribution in [3.05, 3.63) is 128 Å². The van der Waals surface area contributed by atoms with Gasteiger partial charge in [-0.2, -0.15) is 0 Å². The minimum Gasteiger partial charge on any atom is -0.497 e. The average molecular weight is 557 g/mol. The van der Waals surface area contributed by atoms with Crippen LogP contribution in [-0.2, 0) is 19.9 Å².